The fourth-order valence-electron chi connectivity index (χ4n) is 2.36. The van der Waals surface area contributed by atoms with E-state index in [0.717, 1.165) is 0 Å². The Labute approximate surface area is 104 Å². The molecule has 2 aromatic rings. The molecule has 0 saturated carbocycles. The number of hydrogen-bond acceptors (Lipinski definition) is 4. The highest BCUT2D eigenvalue weighted by Crippen LogP contribution is 2.22. The van der Waals surface area contributed by atoms with Crippen LogP contribution in [0, 0.1) is 0 Å². The monoisotopic (exact) mass is 267 g/mol. The van der Waals surface area contributed by atoms with Crippen molar-refractivity contribution in [2.24, 2.45) is 0 Å². The van der Waals surface area contributed by atoms with Crippen molar-refractivity contribution in [1.82, 2.24) is 14.6 Å². The zero-order chi connectivity index (χ0) is 12.8. The van der Waals surface area contributed by atoms with Crippen molar-refractivity contribution in [3.05, 3.63) is 34.4 Å². The van der Waals surface area contributed by atoms with Gasteiger partial charge in [0.25, 0.3) is 5.56 Å². The van der Waals surface area contributed by atoms with Crippen LogP contribution in [0.15, 0.2) is 23.0 Å². The molecule has 0 amide bonds. The van der Waals surface area contributed by atoms with Crippen LogP contribution >= 0.6 is 0 Å². The highest BCUT2D eigenvalue weighted by Gasteiger charge is 2.32. The summed E-state index contributed by atoms with van der Waals surface area (Å²) in [5, 5.41) is 2.49. The van der Waals surface area contributed by atoms with E-state index in [4.69, 9.17) is 0 Å². The number of nitrogens with zero attached hydrogens (tertiary/aromatic N) is 2. The first kappa shape index (κ1) is 11.5. The number of pyridine rings is 1. The quantitative estimate of drug-likeness (QED) is 0.839. The molecule has 0 spiro atoms. The SMILES string of the molecule is O=c1cccc2nc(CC3CCCS3(=O)=O)[nH]n12. The summed E-state index contributed by atoms with van der Waals surface area (Å²) in [4.78, 5) is 15.8. The van der Waals surface area contributed by atoms with Crippen LogP contribution in [0.2, 0.25) is 0 Å². The fourth-order valence-corrected chi connectivity index (χ4v) is 4.20. The second kappa shape index (κ2) is 3.94. The van der Waals surface area contributed by atoms with E-state index >= 15 is 0 Å². The first-order valence-corrected chi connectivity index (χ1v) is 7.56. The lowest BCUT2D eigenvalue weighted by atomic mass is 10.2. The molecule has 1 aliphatic rings. The maximum absolute atomic E-state index is 11.7. The molecule has 6 nitrogen and oxygen atoms in total. The summed E-state index contributed by atoms with van der Waals surface area (Å²) in [5.41, 5.74) is 0.327. The molecule has 96 valence electrons. The van der Waals surface area contributed by atoms with E-state index in [1.165, 1.54) is 10.6 Å². The summed E-state index contributed by atoms with van der Waals surface area (Å²) in [7, 11) is -2.98. The highest BCUT2D eigenvalue weighted by atomic mass is 32.2. The van der Waals surface area contributed by atoms with Gasteiger partial charge in [0.2, 0.25) is 0 Å². The minimum absolute atomic E-state index is 0.194. The van der Waals surface area contributed by atoms with Crippen LogP contribution in [-0.2, 0) is 16.3 Å². The molecule has 1 fully saturated rings. The average Bonchev–Trinajstić information content (AvgIpc) is 2.84. The Morgan fingerprint density at radius 1 is 1.44 bits per heavy atom. The van der Waals surface area contributed by atoms with Crippen molar-refractivity contribution >= 4 is 15.5 Å². The van der Waals surface area contributed by atoms with Gasteiger partial charge in [-0.2, -0.15) is 0 Å². The minimum atomic E-state index is -2.98. The van der Waals surface area contributed by atoms with Gasteiger partial charge in [-0.05, 0) is 18.9 Å². The van der Waals surface area contributed by atoms with E-state index in [1.54, 1.807) is 12.1 Å². The van der Waals surface area contributed by atoms with Crippen LogP contribution in [-0.4, -0.2) is 34.0 Å². The zero-order valence-electron chi connectivity index (χ0n) is 9.67. The summed E-state index contributed by atoms with van der Waals surface area (Å²) in [6, 6.07) is 4.78. The Morgan fingerprint density at radius 2 is 2.28 bits per heavy atom. The molecule has 2 aromatic heterocycles. The van der Waals surface area contributed by atoms with Crippen LogP contribution in [0.5, 0.6) is 0 Å². The lowest BCUT2D eigenvalue weighted by Crippen LogP contribution is -2.19. The third-order valence-corrected chi connectivity index (χ3v) is 5.58. The van der Waals surface area contributed by atoms with Crippen LogP contribution in [0.25, 0.3) is 5.65 Å². The molecule has 7 heteroatoms. The van der Waals surface area contributed by atoms with Crippen molar-refractivity contribution < 1.29 is 8.42 Å². The first-order valence-electron chi connectivity index (χ1n) is 5.84. The van der Waals surface area contributed by atoms with Crippen LogP contribution in [0.1, 0.15) is 18.7 Å². The number of H-pyrrole nitrogens is 1. The predicted octanol–water partition coefficient (Wildman–Crippen LogP) is 0.142. The van der Waals surface area contributed by atoms with Gasteiger partial charge in [0.15, 0.2) is 15.5 Å². The van der Waals surface area contributed by atoms with Crippen molar-refractivity contribution in [1.29, 1.82) is 0 Å². The molecule has 3 rings (SSSR count). The molecule has 1 atom stereocenters. The molecular weight excluding hydrogens is 254 g/mol. The van der Waals surface area contributed by atoms with E-state index in [-0.39, 0.29) is 16.6 Å². The Kier molecular flexibility index (Phi) is 2.51. The van der Waals surface area contributed by atoms with Crippen LogP contribution < -0.4 is 5.56 Å². The van der Waals surface area contributed by atoms with Gasteiger partial charge in [-0.3, -0.25) is 9.89 Å². The second-order valence-electron chi connectivity index (χ2n) is 4.56. The predicted molar refractivity (Wildman–Crippen MR) is 66.3 cm³/mol. The lowest BCUT2D eigenvalue weighted by molar-refractivity contribution is 0.586. The molecule has 0 aromatic carbocycles. The normalized spacial score (nSPS) is 22.6. The second-order valence-corrected chi connectivity index (χ2v) is 6.96. The van der Waals surface area contributed by atoms with Crippen LogP contribution in [0.3, 0.4) is 0 Å². The van der Waals surface area contributed by atoms with Crippen molar-refractivity contribution in [2.75, 3.05) is 5.75 Å². The van der Waals surface area contributed by atoms with E-state index < -0.39 is 9.84 Å². The maximum atomic E-state index is 11.7. The molecule has 0 bridgehead atoms. The molecule has 1 N–H and O–H groups in total. The number of hydrogen-bond donors (Lipinski definition) is 1. The van der Waals surface area contributed by atoms with E-state index in [1.807, 2.05) is 0 Å². The molecular formula is C11H13N3O3S. The Morgan fingerprint density at radius 3 is 2.94 bits per heavy atom. The molecule has 1 saturated heterocycles. The summed E-state index contributed by atoms with van der Waals surface area (Å²) < 4.78 is 24.8. The lowest BCUT2D eigenvalue weighted by Gasteiger charge is -2.05. The summed E-state index contributed by atoms with van der Waals surface area (Å²) in [6.45, 7) is 0. The molecule has 0 radical (unpaired) electrons. The van der Waals surface area contributed by atoms with Crippen molar-refractivity contribution in [3.63, 3.8) is 0 Å². The summed E-state index contributed by atoms with van der Waals surface area (Å²) in [5.74, 6) is 0.812. The van der Waals surface area contributed by atoms with Gasteiger partial charge in [0.1, 0.15) is 5.82 Å². The topological polar surface area (TPSA) is 84.3 Å². The van der Waals surface area contributed by atoms with Gasteiger partial charge in [-0.25, -0.2) is 17.9 Å². The highest BCUT2D eigenvalue weighted by molar-refractivity contribution is 7.92. The maximum Gasteiger partial charge on any atom is 0.271 e. The van der Waals surface area contributed by atoms with Crippen molar-refractivity contribution in [3.8, 4) is 0 Å². The number of aromatic nitrogens is 3. The Balaban J connectivity index is 1.96. The molecule has 0 aliphatic carbocycles. The Bertz CT molecular complexity index is 744. The molecule has 18 heavy (non-hydrogen) atoms. The molecule has 3 heterocycles. The van der Waals surface area contributed by atoms with E-state index in [2.05, 4.69) is 10.1 Å². The van der Waals surface area contributed by atoms with Gasteiger partial charge in [0, 0.05) is 12.5 Å². The zero-order valence-corrected chi connectivity index (χ0v) is 10.5. The van der Waals surface area contributed by atoms with Gasteiger partial charge < -0.3 is 0 Å². The number of rotatable bonds is 2. The largest absolute Gasteiger partial charge is 0.276 e. The fraction of sp³-hybridized carbons (Fsp3) is 0.455. The van der Waals surface area contributed by atoms with E-state index in [9.17, 15) is 13.2 Å². The van der Waals surface area contributed by atoms with E-state index in [0.29, 0.717) is 30.7 Å². The van der Waals surface area contributed by atoms with Crippen molar-refractivity contribution in [2.45, 2.75) is 24.5 Å². The number of aromatic amines is 1. The Hall–Kier alpha value is -1.63. The van der Waals surface area contributed by atoms with Gasteiger partial charge >= 0.3 is 0 Å². The van der Waals surface area contributed by atoms with Gasteiger partial charge in [-0.15, -0.1) is 0 Å². The van der Waals surface area contributed by atoms with Crippen LogP contribution in [0.4, 0.5) is 0 Å². The third kappa shape index (κ3) is 1.84. The summed E-state index contributed by atoms with van der Waals surface area (Å²) in [6.07, 6.45) is 1.74. The average molecular weight is 267 g/mol. The number of fused-ring (bicyclic) bond motifs is 1. The molecule has 1 unspecified atom stereocenters. The van der Waals surface area contributed by atoms with Gasteiger partial charge in [0.05, 0.1) is 11.0 Å². The standard InChI is InChI=1S/C11H13N3O3S/c15-11-5-1-4-10-12-9(13-14(10)11)7-8-3-2-6-18(8,16)17/h1,4-5,8H,2-3,6-7H2,(H,12,13). The number of nitrogens with one attached hydrogen (secondary N) is 1. The molecule has 1 aliphatic heterocycles. The minimum Gasteiger partial charge on any atom is -0.276 e. The number of sulfone groups is 1. The third-order valence-electron chi connectivity index (χ3n) is 3.31. The summed E-state index contributed by atoms with van der Waals surface area (Å²) >= 11 is 0. The van der Waals surface area contributed by atoms with Gasteiger partial charge in [-0.1, -0.05) is 6.07 Å². The first-order chi connectivity index (χ1) is 8.56. The smallest absolute Gasteiger partial charge is 0.271 e.